The first-order chi connectivity index (χ1) is 7.63. The van der Waals surface area contributed by atoms with Crippen molar-refractivity contribution < 1.29 is 0 Å². The number of nitrogens with two attached hydrogens (primary N) is 1. The highest BCUT2D eigenvalue weighted by molar-refractivity contribution is 5.57. The smallest absolute Gasteiger partial charge is 0.0450 e. The average molecular weight is 219 g/mol. The molecule has 0 bridgehead atoms. The van der Waals surface area contributed by atoms with Gasteiger partial charge in [0.1, 0.15) is 0 Å². The molecule has 0 radical (unpaired) electrons. The van der Waals surface area contributed by atoms with Crippen molar-refractivity contribution in [1.29, 1.82) is 0 Å². The van der Waals surface area contributed by atoms with E-state index in [2.05, 4.69) is 36.7 Å². The third kappa shape index (κ3) is 1.92. The Bertz CT molecular complexity index is 387. The van der Waals surface area contributed by atoms with Gasteiger partial charge in [-0.15, -0.1) is 0 Å². The first-order valence-corrected chi connectivity index (χ1v) is 6.07. The Morgan fingerprint density at radius 1 is 1.50 bits per heavy atom. The van der Waals surface area contributed by atoms with Crippen molar-refractivity contribution in [2.45, 2.75) is 46.2 Å². The van der Waals surface area contributed by atoms with Crippen molar-refractivity contribution in [3.05, 3.63) is 23.0 Å². The molecule has 2 N–H and O–H groups in total. The number of aromatic nitrogens is 1. The van der Waals surface area contributed by atoms with Crippen LogP contribution < -0.4 is 10.6 Å². The number of pyridine rings is 1. The lowest BCUT2D eigenvalue weighted by molar-refractivity contribution is 0.729. The predicted octanol–water partition coefficient (Wildman–Crippen LogP) is 2.15. The maximum Gasteiger partial charge on any atom is 0.0450 e. The van der Waals surface area contributed by atoms with E-state index in [-0.39, 0.29) is 0 Å². The van der Waals surface area contributed by atoms with Crippen molar-refractivity contribution in [1.82, 2.24) is 4.98 Å². The molecule has 1 saturated heterocycles. The van der Waals surface area contributed by atoms with Gasteiger partial charge in [-0.05, 0) is 39.7 Å². The minimum Gasteiger partial charge on any atom is -0.368 e. The van der Waals surface area contributed by atoms with Crippen LogP contribution in [-0.4, -0.2) is 17.6 Å². The first kappa shape index (κ1) is 11.4. The van der Waals surface area contributed by atoms with Crippen LogP contribution in [0.15, 0.2) is 6.07 Å². The second-order valence-electron chi connectivity index (χ2n) is 4.74. The van der Waals surface area contributed by atoms with E-state index in [1.807, 2.05) is 0 Å². The lowest BCUT2D eigenvalue weighted by atomic mass is 10.1. The Labute approximate surface area is 97.7 Å². The van der Waals surface area contributed by atoms with E-state index in [9.17, 15) is 0 Å². The number of hydrogen-bond donors (Lipinski definition) is 1. The highest BCUT2D eigenvalue weighted by Crippen LogP contribution is 2.30. The number of rotatable bonds is 2. The third-order valence-electron chi connectivity index (χ3n) is 3.50. The van der Waals surface area contributed by atoms with Crippen LogP contribution in [0.1, 0.15) is 36.7 Å². The lowest BCUT2D eigenvalue weighted by Crippen LogP contribution is -2.28. The quantitative estimate of drug-likeness (QED) is 0.828. The molecule has 3 nitrogen and oxygen atoms in total. The summed E-state index contributed by atoms with van der Waals surface area (Å²) < 4.78 is 0. The summed E-state index contributed by atoms with van der Waals surface area (Å²) in [6, 6.07) is 2.81. The number of anilines is 1. The summed E-state index contributed by atoms with van der Waals surface area (Å²) in [5.41, 5.74) is 10.5. The fourth-order valence-electron chi connectivity index (χ4n) is 2.63. The van der Waals surface area contributed by atoms with Crippen molar-refractivity contribution >= 4 is 5.69 Å². The van der Waals surface area contributed by atoms with E-state index in [1.165, 1.54) is 24.1 Å². The lowest BCUT2D eigenvalue weighted by Gasteiger charge is -2.27. The summed E-state index contributed by atoms with van der Waals surface area (Å²) in [5.74, 6) is 0. The molecule has 88 valence electrons. The van der Waals surface area contributed by atoms with Gasteiger partial charge in [-0.1, -0.05) is 0 Å². The molecular weight excluding hydrogens is 198 g/mol. The van der Waals surface area contributed by atoms with Crippen LogP contribution in [0, 0.1) is 13.8 Å². The van der Waals surface area contributed by atoms with E-state index in [4.69, 9.17) is 5.73 Å². The standard InChI is InChI=1S/C13H21N3/c1-9-7-13(12(8-14)11(3)15-9)16-6-4-5-10(16)2/h7,10H,4-6,8,14H2,1-3H3. The molecule has 1 fully saturated rings. The number of aryl methyl sites for hydroxylation is 2. The highest BCUT2D eigenvalue weighted by Gasteiger charge is 2.23. The van der Waals surface area contributed by atoms with Gasteiger partial charge < -0.3 is 10.6 Å². The molecule has 1 aliphatic rings. The Hall–Kier alpha value is -1.09. The minimum absolute atomic E-state index is 0.581. The zero-order chi connectivity index (χ0) is 11.7. The maximum absolute atomic E-state index is 5.85. The monoisotopic (exact) mass is 219 g/mol. The van der Waals surface area contributed by atoms with Crippen LogP contribution in [0.2, 0.25) is 0 Å². The van der Waals surface area contributed by atoms with Crippen LogP contribution >= 0.6 is 0 Å². The molecule has 0 saturated carbocycles. The molecule has 1 aliphatic heterocycles. The molecule has 1 aromatic heterocycles. The van der Waals surface area contributed by atoms with E-state index in [0.29, 0.717) is 12.6 Å². The molecule has 0 aromatic carbocycles. The van der Waals surface area contributed by atoms with Gasteiger partial charge in [-0.2, -0.15) is 0 Å². The van der Waals surface area contributed by atoms with Crippen LogP contribution in [0.4, 0.5) is 5.69 Å². The topological polar surface area (TPSA) is 42.1 Å². The van der Waals surface area contributed by atoms with Gasteiger partial charge in [0.05, 0.1) is 0 Å². The van der Waals surface area contributed by atoms with Crippen molar-refractivity contribution in [2.24, 2.45) is 5.73 Å². The second-order valence-corrected chi connectivity index (χ2v) is 4.74. The molecule has 2 rings (SSSR count). The molecule has 1 atom stereocenters. The Morgan fingerprint density at radius 3 is 2.81 bits per heavy atom. The molecule has 2 heterocycles. The number of nitrogens with zero attached hydrogens (tertiary/aromatic N) is 2. The molecular formula is C13H21N3. The van der Waals surface area contributed by atoms with Gasteiger partial charge in [0.2, 0.25) is 0 Å². The van der Waals surface area contributed by atoms with Crippen LogP contribution in [0.3, 0.4) is 0 Å². The van der Waals surface area contributed by atoms with Gasteiger partial charge in [-0.3, -0.25) is 4.98 Å². The van der Waals surface area contributed by atoms with E-state index in [0.717, 1.165) is 17.9 Å². The third-order valence-corrected chi connectivity index (χ3v) is 3.50. The number of hydrogen-bond acceptors (Lipinski definition) is 3. The summed E-state index contributed by atoms with van der Waals surface area (Å²) in [4.78, 5) is 6.97. The summed E-state index contributed by atoms with van der Waals surface area (Å²) in [6.07, 6.45) is 2.57. The average Bonchev–Trinajstić information content (AvgIpc) is 2.63. The zero-order valence-corrected chi connectivity index (χ0v) is 10.5. The minimum atomic E-state index is 0.581. The van der Waals surface area contributed by atoms with E-state index in [1.54, 1.807) is 0 Å². The molecule has 0 aliphatic carbocycles. The SMILES string of the molecule is Cc1cc(N2CCCC2C)c(CN)c(C)n1. The zero-order valence-electron chi connectivity index (χ0n) is 10.5. The van der Waals surface area contributed by atoms with Gasteiger partial charge in [-0.25, -0.2) is 0 Å². The Balaban J connectivity index is 2.45. The Kier molecular flexibility index (Phi) is 3.15. The summed E-state index contributed by atoms with van der Waals surface area (Å²) in [6.45, 7) is 8.13. The Morgan fingerprint density at radius 2 is 2.25 bits per heavy atom. The molecule has 0 spiro atoms. The van der Waals surface area contributed by atoms with Crippen molar-refractivity contribution in [3.63, 3.8) is 0 Å². The highest BCUT2D eigenvalue weighted by atomic mass is 15.2. The van der Waals surface area contributed by atoms with Crippen molar-refractivity contribution in [2.75, 3.05) is 11.4 Å². The van der Waals surface area contributed by atoms with E-state index < -0.39 is 0 Å². The second kappa shape index (κ2) is 4.42. The predicted molar refractivity (Wildman–Crippen MR) is 67.6 cm³/mol. The normalized spacial score (nSPS) is 20.5. The van der Waals surface area contributed by atoms with Crippen LogP contribution in [0.25, 0.3) is 0 Å². The van der Waals surface area contributed by atoms with Crippen molar-refractivity contribution in [3.8, 4) is 0 Å². The molecule has 3 heteroatoms. The fraction of sp³-hybridized carbons (Fsp3) is 0.615. The summed E-state index contributed by atoms with van der Waals surface area (Å²) in [5, 5.41) is 0. The van der Waals surface area contributed by atoms with Crippen LogP contribution in [0.5, 0.6) is 0 Å². The van der Waals surface area contributed by atoms with Gasteiger partial charge in [0, 0.05) is 41.8 Å². The van der Waals surface area contributed by atoms with Gasteiger partial charge in [0.15, 0.2) is 0 Å². The fourth-order valence-corrected chi connectivity index (χ4v) is 2.63. The molecule has 0 amide bonds. The molecule has 16 heavy (non-hydrogen) atoms. The summed E-state index contributed by atoms with van der Waals surface area (Å²) >= 11 is 0. The molecule has 1 unspecified atom stereocenters. The van der Waals surface area contributed by atoms with Gasteiger partial charge in [0.25, 0.3) is 0 Å². The summed E-state index contributed by atoms with van der Waals surface area (Å²) in [7, 11) is 0. The van der Waals surface area contributed by atoms with Gasteiger partial charge >= 0.3 is 0 Å². The maximum atomic E-state index is 5.85. The van der Waals surface area contributed by atoms with E-state index >= 15 is 0 Å². The molecule has 1 aromatic rings. The largest absolute Gasteiger partial charge is 0.368 e. The van der Waals surface area contributed by atoms with Crippen LogP contribution in [-0.2, 0) is 6.54 Å². The first-order valence-electron chi connectivity index (χ1n) is 6.07.